The Kier molecular flexibility index (Phi) is 7.91. The second kappa shape index (κ2) is 11.1. The number of amides is 2. The second-order valence-electron chi connectivity index (χ2n) is 12.2. The monoisotopic (exact) mass is 580 g/mol. The molecular formula is C31H40N4O5S. The van der Waals surface area contributed by atoms with Crippen molar-refractivity contribution in [2.45, 2.75) is 77.4 Å². The van der Waals surface area contributed by atoms with Crippen LogP contribution in [0.15, 0.2) is 42.5 Å². The van der Waals surface area contributed by atoms with Crippen LogP contribution in [0, 0.1) is 0 Å². The van der Waals surface area contributed by atoms with E-state index in [-0.39, 0.29) is 11.7 Å². The van der Waals surface area contributed by atoms with E-state index in [2.05, 4.69) is 15.4 Å². The zero-order chi connectivity index (χ0) is 29.5. The largest absolute Gasteiger partial charge is 0.443 e. The number of hydrogen-bond acceptors (Lipinski definition) is 5. The first-order valence-corrected chi connectivity index (χ1v) is 15.8. The quantitative estimate of drug-likeness (QED) is 0.406. The van der Waals surface area contributed by atoms with Gasteiger partial charge in [-0.3, -0.25) is 9.69 Å². The molecular weight excluding hydrogens is 540 g/mol. The summed E-state index contributed by atoms with van der Waals surface area (Å²) in [6.07, 6.45) is 6.00. The van der Waals surface area contributed by atoms with Crippen LogP contribution in [-0.4, -0.2) is 55.5 Å². The number of aryl methyl sites for hydroxylation is 1. The predicted octanol–water partition coefficient (Wildman–Crippen LogP) is 6.04. The van der Waals surface area contributed by atoms with Gasteiger partial charge in [0.25, 0.3) is 5.91 Å². The van der Waals surface area contributed by atoms with Crippen molar-refractivity contribution in [3.63, 3.8) is 0 Å². The van der Waals surface area contributed by atoms with Crippen LogP contribution >= 0.6 is 0 Å². The molecule has 1 aliphatic heterocycles. The van der Waals surface area contributed by atoms with E-state index in [1.165, 1.54) is 26.1 Å². The Morgan fingerprint density at radius 2 is 1.68 bits per heavy atom. The smallest absolute Gasteiger partial charge is 0.414 e. The number of hydrogen-bond donors (Lipinski definition) is 1. The molecule has 220 valence electrons. The Balaban J connectivity index is 1.70. The molecule has 0 atom stereocenters. The Bertz CT molecular complexity index is 1580. The molecule has 2 amide bonds. The molecule has 9 nitrogen and oxygen atoms in total. The lowest BCUT2D eigenvalue weighted by molar-refractivity contribution is 0.0579. The summed E-state index contributed by atoms with van der Waals surface area (Å²) in [4.78, 5) is 28.2. The zero-order valence-electron chi connectivity index (χ0n) is 24.6. The van der Waals surface area contributed by atoms with Crippen LogP contribution in [0.4, 0.5) is 10.5 Å². The van der Waals surface area contributed by atoms with Gasteiger partial charge < -0.3 is 9.30 Å². The molecule has 10 heteroatoms. The molecule has 1 saturated carbocycles. The molecule has 0 saturated heterocycles. The highest BCUT2D eigenvalue weighted by Gasteiger charge is 2.32. The first-order valence-electron chi connectivity index (χ1n) is 14.4. The third-order valence-corrected chi connectivity index (χ3v) is 9.31. The molecule has 1 aliphatic carbocycles. The van der Waals surface area contributed by atoms with Crippen molar-refractivity contribution in [1.29, 1.82) is 0 Å². The molecule has 0 unspecified atom stereocenters. The summed E-state index contributed by atoms with van der Waals surface area (Å²) in [5, 5.41) is 1.07. The average molecular weight is 581 g/mol. The van der Waals surface area contributed by atoms with E-state index in [0.717, 1.165) is 57.8 Å². The maximum Gasteiger partial charge on any atom is 0.414 e. The van der Waals surface area contributed by atoms with Gasteiger partial charge in [0.05, 0.1) is 11.4 Å². The molecule has 3 aromatic rings. The van der Waals surface area contributed by atoms with Gasteiger partial charge >= 0.3 is 16.3 Å². The van der Waals surface area contributed by atoms with E-state index in [0.29, 0.717) is 25.4 Å². The number of para-hydroxylation sites is 1. The summed E-state index contributed by atoms with van der Waals surface area (Å²) in [6.45, 7) is 6.73. The minimum absolute atomic E-state index is 0.282. The van der Waals surface area contributed by atoms with Crippen LogP contribution in [0.25, 0.3) is 22.2 Å². The van der Waals surface area contributed by atoms with Crippen molar-refractivity contribution in [3.8, 4) is 11.3 Å². The van der Waals surface area contributed by atoms with Crippen LogP contribution in [0.5, 0.6) is 0 Å². The fraction of sp³-hybridized carbons (Fsp3) is 0.484. The molecule has 2 aliphatic rings. The van der Waals surface area contributed by atoms with E-state index in [1.807, 2.05) is 51.1 Å². The molecule has 0 spiro atoms. The molecule has 0 bridgehead atoms. The maximum absolute atomic E-state index is 13.4. The van der Waals surface area contributed by atoms with E-state index in [4.69, 9.17) is 4.74 Å². The Hall–Kier alpha value is -3.37. The predicted molar refractivity (Wildman–Crippen MR) is 161 cm³/mol. The van der Waals surface area contributed by atoms with Gasteiger partial charge in [-0.1, -0.05) is 43.5 Å². The zero-order valence-corrected chi connectivity index (χ0v) is 25.4. The number of nitrogens with zero attached hydrogens (tertiary/aromatic N) is 3. The number of rotatable bonds is 4. The molecule has 5 rings (SSSR count). The van der Waals surface area contributed by atoms with Crippen LogP contribution in [0.2, 0.25) is 0 Å². The summed E-state index contributed by atoms with van der Waals surface area (Å²) in [7, 11) is -1.17. The van der Waals surface area contributed by atoms with Crippen LogP contribution < -0.4 is 9.62 Å². The van der Waals surface area contributed by atoms with Crippen molar-refractivity contribution in [1.82, 2.24) is 13.6 Å². The highest BCUT2D eigenvalue weighted by Crippen LogP contribution is 2.47. The third kappa shape index (κ3) is 5.85. The Morgan fingerprint density at radius 3 is 2.37 bits per heavy atom. The first kappa shape index (κ1) is 29.1. The summed E-state index contributed by atoms with van der Waals surface area (Å²) in [6, 6.07) is 13.4. The average Bonchev–Trinajstić information content (AvgIpc) is 3.21. The van der Waals surface area contributed by atoms with E-state index in [9.17, 15) is 18.0 Å². The number of benzene rings is 2. The normalized spacial score (nSPS) is 16.6. The number of ether oxygens (including phenoxy) is 1. The summed E-state index contributed by atoms with van der Waals surface area (Å²) < 4.78 is 35.9. The van der Waals surface area contributed by atoms with Gasteiger partial charge in [-0.05, 0) is 69.7 Å². The number of aromatic nitrogens is 1. The molecule has 0 radical (unpaired) electrons. The number of nitrogens with one attached hydrogen (secondary N) is 1. The van der Waals surface area contributed by atoms with Gasteiger partial charge in [0, 0.05) is 49.2 Å². The van der Waals surface area contributed by atoms with E-state index < -0.39 is 21.7 Å². The number of carbonyl (C=O) groups is 2. The molecule has 2 aromatic carbocycles. The van der Waals surface area contributed by atoms with Gasteiger partial charge in [0.2, 0.25) is 0 Å². The second-order valence-corrected chi connectivity index (χ2v) is 14.1. The fourth-order valence-corrected chi connectivity index (χ4v) is 6.57. The lowest BCUT2D eigenvalue weighted by Gasteiger charge is -2.32. The highest BCUT2D eigenvalue weighted by atomic mass is 32.2. The maximum atomic E-state index is 13.4. The number of carbonyl (C=O) groups excluding carboxylic acids is 2. The van der Waals surface area contributed by atoms with E-state index >= 15 is 0 Å². The Labute approximate surface area is 242 Å². The van der Waals surface area contributed by atoms with Crippen molar-refractivity contribution in [3.05, 3.63) is 53.6 Å². The van der Waals surface area contributed by atoms with Gasteiger partial charge in [0.15, 0.2) is 0 Å². The summed E-state index contributed by atoms with van der Waals surface area (Å²) in [5.41, 5.74) is 4.63. The lowest BCUT2D eigenvalue weighted by atomic mass is 9.81. The standard InChI is InChI=1S/C31H40N4O5S/c1-31(2,3)40-30(37)35-19-11-18-34-26-20-22(29(36)32-41(38,39)33(4)5)16-17-23(26)27(21-12-7-6-8-13-21)28(34)24-14-9-10-15-25(24)35/h9-10,14-17,20-21H,6-8,11-13,18-19H2,1-5H3,(H,32,36). The SMILES string of the molecule is CN(C)S(=O)(=O)NC(=O)c1ccc2c(C3CCCCC3)c3n(c2c1)CCCN(C(=O)OC(C)(C)C)c1ccccc1-3. The Morgan fingerprint density at radius 1 is 0.976 bits per heavy atom. The molecule has 1 N–H and O–H groups in total. The van der Waals surface area contributed by atoms with Gasteiger partial charge in [-0.25, -0.2) is 9.52 Å². The summed E-state index contributed by atoms with van der Waals surface area (Å²) in [5.74, 6) is -0.323. The summed E-state index contributed by atoms with van der Waals surface area (Å²) >= 11 is 0. The van der Waals surface area contributed by atoms with Crippen LogP contribution in [0.3, 0.4) is 0 Å². The van der Waals surface area contributed by atoms with Crippen LogP contribution in [-0.2, 0) is 21.5 Å². The molecule has 1 aromatic heterocycles. The van der Waals surface area contributed by atoms with Crippen LogP contribution in [0.1, 0.15) is 81.1 Å². The minimum atomic E-state index is -3.93. The van der Waals surface area contributed by atoms with Gasteiger partial charge in [0.1, 0.15) is 5.60 Å². The van der Waals surface area contributed by atoms with Crippen molar-refractivity contribution >= 4 is 38.8 Å². The number of fused-ring (bicyclic) bond motifs is 5. The first-order chi connectivity index (χ1) is 19.4. The van der Waals surface area contributed by atoms with Gasteiger partial charge in [-0.2, -0.15) is 12.7 Å². The van der Waals surface area contributed by atoms with Gasteiger partial charge in [-0.15, -0.1) is 0 Å². The fourth-order valence-electron chi connectivity index (χ4n) is 6.04. The molecule has 41 heavy (non-hydrogen) atoms. The lowest BCUT2D eigenvalue weighted by Crippen LogP contribution is -2.39. The van der Waals surface area contributed by atoms with Crippen molar-refractivity contribution in [2.24, 2.45) is 0 Å². The van der Waals surface area contributed by atoms with Crippen molar-refractivity contribution < 1.29 is 22.7 Å². The van der Waals surface area contributed by atoms with Crippen molar-refractivity contribution in [2.75, 3.05) is 25.5 Å². The molecule has 1 fully saturated rings. The topological polar surface area (TPSA) is 101 Å². The van der Waals surface area contributed by atoms with E-state index in [1.54, 1.807) is 11.0 Å². The third-order valence-electron chi connectivity index (χ3n) is 7.91. The number of anilines is 1. The highest BCUT2D eigenvalue weighted by molar-refractivity contribution is 7.87. The minimum Gasteiger partial charge on any atom is -0.443 e. The molecule has 2 heterocycles.